The molecule has 1 saturated heterocycles. The number of nitrogens with one attached hydrogen (secondary N) is 1. The molecule has 0 radical (unpaired) electrons. The Balaban J connectivity index is 1.57. The second kappa shape index (κ2) is 8.00. The van der Waals surface area contributed by atoms with Gasteiger partial charge in [-0.3, -0.25) is 4.79 Å². The Morgan fingerprint density at radius 1 is 1.25 bits per heavy atom. The molecule has 1 aliphatic rings. The normalized spacial score (nSPS) is 15.4. The van der Waals surface area contributed by atoms with Crippen molar-refractivity contribution in [2.75, 3.05) is 26.2 Å². The highest BCUT2D eigenvalue weighted by Crippen LogP contribution is 2.09. The van der Waals surface area contributed by atoms with E-state index in [2.05, 4.69) is 10.2 Å². The molecule has 2 rings (SSSR count). The summed E-state index contributed by atoms with van der Waals surface area (Å²) in [4.78, 5) is 14.1. The summed E-state index contributed by atoms with van der Waals surface area (Å²) in [6.07, 6.45) is 4.41. The van der Waals surface area contributed by atoms with Crippen LogP contribution in [0.2, 0.25) is 0 Å². The molecule has 1 amide bonds. The molecule has 1 aromatic rings. The molecule has 1 heterocycles. The fourth-order valence-electron chi connectivity index (χ4n) is 2.57. The molecule has 0 saturated carbocycles. The number of hydrogen-bond acceptors (Lipinski definition) is 2. The Bertz CT molecular complexity index is 430. The number of nitrogens with zero attached hydrogens (tertiary/aromatic N) is 1. The molecule has 0 atom stereocenters. The lowest BCUT2D eigenvalue weighted by Gasteiger charge is -2.14. The molecule has 0 aromatic heterocycles. The summed E-state index contributed by atoms with van der Waals surface area (Å²) in [6, 6.07) is 6.63. The maximum atomic E-state index is 13.4. The molecule has 1 aromatic carbocycles. The van der Waals surface area contributed by atoms with E-state index in [1.54, 1.807) is 18.2 Å². The van der Waals surface area contributed by atoms with Crippen molar-refractivity contribution in [1.82, 2.24) is 10.2 Å². The number of hydrogen-bond donors (Lipinski definition) is 1. The molecule has 3 nitrogen and oxygen atoms in total. The Morgan fingerprint density at radius 2 is 2.00 bits per heavy atom. The topological polar surface area (TPSA) is 32.3 Å². The van der Waals surface area contributed by atoms with Crippen LogP contribution in [-0.2, 0) is 11.2 Å². The van der Waals surface area contributed by atoms with E-state index in [0.29, 0.717) is 24.9 Å². The lowest BCUT2D eigenvalue weighted by Crippen LogP contribution is -2.28. The summed E-state index contributed by atoms with van der Waals surface area (Å²) in [6.45, 7) is 4.17. The smallest absolute Gasteiger partial charge is 0.220 e. The van der Waals surface area contributed by atoms with Crippen LogP contribution in [-0.4, -0.2) is 37.0 Å². The number of carbonyl (C=O) groups excluding carboxylic acids is 1. The average Bonchev–Trinajstić information content (AvgIpc) is 2.96. The van der Waals surface area contributed by atoms with E-state index in [4.69, 9.17) is 0 Å². The van der Waals surface area contributed by atoms with Crippen LogP contribution in [0, 0.1) is 5.82 Å². The van der Waals surface area contributed by atoms with Crippen LogP contribution in [0.25, 0.3) is 0 Å². The maximum Gasteiger partial charge on any atom is 0.220 e. The summed E-state index contributed by atoms with van der Waals surface area (Å²) < 4.78 is 13.4. The largest absolute Gasteiger partial charge is 0.356 e. The minimum absolute atomic E-state index is 0.00896. The lowest BCUT2D eigenvalue weighted by molar-refractivity contribution is -0.121. The summed E-state index contributed by atoms with van der Waals surface area (Å²) in [5.74, 6) is -0.219. The number of rotatable bonds is 7. The first-order valence-corrected chi connectivity index (χ1v) is 7.48. The zero-order valence-electron chi connectivity index (χ0n) is 11.9. The lowest BCUT2D eigenvalue weighted by atomic mass is 10.1. The van der Waals surface area contributed by atoms with E-state index < -0.39 is 0 Å². The molecule has 1 aliphatic heterocycles. The minimum atomic E-state index is -0.227. The highest BCUT2D eigenvalue weighted by atomic mass is 19.1. The van der Waals surface area contributed by atoms with Crippen molar-refractivity contribution in [2.45, 2.75) is 32.1 Å². The third-order valence-corrected chi connectivity index (χ3v) is 3.75. The standard InChI is InChI=1S/C16H23FN2O/c17-15-7-2-1-6-14(15)8-9-16(20)18-10-5-13-19-11-3-4-12-19/h1-2,6-7H,3-5,8-13H2,(H,18,20). The highest BCUT2D eigenvalue weighted by Gasteiger charge is 2.10. The Hall–Kier alpha value is -1.42. The molecule has 0 aliphatic carbocycles. The van der Waals surface area contributed by atoms with Gasteiger partial charge < -0.3 is 10.2 Å². The van der Waals surface area contributed by atoms with Gasteiger partial charge in [0.25, 0.3) is 0 Å². The average molecular weight is 278 g/mol. The predicted molar refractivity (Wildman–Crippen MR) is 78.0 cm³/mol. The van der Waals surface area contributed by atoms with Crippen molar-refractivity contribution in [1.29, 1.82) is 0 Å². The Labute approximate surface area is 120 Å². The zero-order chi connectivity index (χ0) is 14.2. The van der Waals surface area contributed by atoms with Crippen molar-refractivity contribution >= 4 is 5.91 Å². The zero-order valence-corrected chi connectivity index (χ0v) is 11.9. The Morgan fingerprint density at radius 3 is 2.75 bits per heavy atom. The van der Waals surface area contributed by atoms with Gasteiger partial charge >= 0.3 is 0 Å². The van der Waals surface area contributed by atoms with Crippen LogP contribution in [0.1, 0.15) is 31.2 Å². The number of benzene rings is 1. The second-order valence-corrected chi connectivity index (χ2v) is 5.34. The van der Waals surface area contributed by atoms with E-state index in [1.165, 1.54) is 32.0 Å². The monoisotopic (exact) mass is 278 g/mol. The molecular formula is C16H23FN2O. The second-order valence-electron chi connectivity index (χ2n) is 5.34. The molecule has 1 N–H and O–H groups in total. The van der Waals surface area contributed by atoms with Gasteiger partial charge in [-0.25, -0.2) is 4.39 Å². The molecular weight excluding hydrogens is 255 g/mol. The van der Waals surface area contributed by atoms with E-state index >= 15 is 0 Å². The molecule has 0 unspecified atom stereocenters. The number of carbonyl (C=O) groups is 1. The first-order chi connectivity index (χ1) is 9.75. The minimum Gasteiger partial charge on any atom is -0.356 e. The van der Waals surface area contributed by atoms with E-state index in [-0.39, 0.29) is 11.7 Å². The van der Waals surface area contributed by atoms with Gasteiger partial charge in [-0.2, -0.15) is 0 Å². The van der Waals surface area contributed by atoms with Crippen LogP contribution < -0.4 is 5.32 Å². The highest BCUT2D eigenvalue weighted by molar-refractivity contribution is 5.76. The molecule has 0 bridgehead atoms. The van der Waals surface area contributed by atoms with E-state index in [1.807, 2.05) is 0 Å². The van der Waals surface area contributed by atoms with Gasteiger partial charge in [-0.1, -0.05) is 18.2 Å². The van der Waals surface area contributed by atoms with Crippen molar-refractivity contribution < 1.29 is 9.18 Å². The SMILES string of the molecule is O=C(CCc1ccccc1F)NCCCN1CCCC1. The van der Waals surface area contributed by atoms with Crippen molar-refractivity contribution in [3.8, 4) is 0 Å². The van der Waals surface area contributed by atoms with Gasteiger partial charge in [-0.15, -0.1) is 0 Å². The van der Waals surface area contributed by atoms with Gasteiger partial charge in [-0.05, 0) is 56.9 Å². The van der Waals surface area contributed by atoms with Gasteiger partial charge in [0.15, 0.2) is 0 Å². The van der Waals surface area contributed by atoms with Crippen molar-refractivity contribution in [3.63, 3.8) is 0 Å². The van der Waals surface area contributed by atoms with Crippen LogP contribution in [0.3, 0.4) is 0 Å². The third-order valence-electron chi connectivity index (χ3n) is 3.75. The summed E-state index contributed by atoms with van der Waals surface area (Å²) >= 11 is 0. The molecule has 110 valence electrons. The molecule has 20 heavy (non-hydrogen) atoms. The summed E-state index contributed by atoms with van der Waals surface area (Å²) in [7, 11) is 0. The third kappa shape index (κ3) is 4.93. The molecule has 1 fully saturated rings. The number of amides is 1. The number of halogens is 1. The van der Waals surface area contributed by atoms with Crippen molar-refractivity contribution in [2.24, 2.45) is 0 Å². The Kier molecular flexibility index (Phi) is 5.99. The quantitative estimate of drug-likeness (QED) is 0.777. The van der Waals surface area contributed by atoms with Gasteiger partial charge in [0.2, 0.25) is 5.91 Å². The van der Waals surface area contributed by atoms with Crippen LogP contribution in [0.15, 0.2) is 24.3 Å². The number of likely N-dealkylation sites (tertiary alicyclic amines) is 1. The first kappa shape index (κ1) is 15.0. The fraction of sp³-hybridized carbons (Fsp3) is 0.562. The summed E-state index contributed by atoms with van der Waals surface area (Å²) in [5, 5.41) is 2.91. The van der Waals surface area contributed by atoms with Crippen LogP contribution in [0.5, 0.6) is 0 Å². The number of aryl methyl sites for hydroxylation is 1. The van der Waals surface area contributed by atoms with Gasteiger partial charge in [0.1, 0.15) is 5.82 Å². The van der Waals surface area contributed by atoms with E-state index in [0.717, 1.165) is 13.0 Å². The fourth-order valence-corrected chi connectivity index (χ4v) is 2.57. The van der Waals surface area contributed by atoms with Crippen LogP contribution >= 0.6 is 0 Å². The van der Waals surface area contributed by atoms with Crippen LogP contribution in [0.4, 0.5) is 4.39 Å². The molecule has 4 heteroatoms. The van der Waals surface area contributed by atoms with Crippen molar-refractivity contribution in [3.05, 3.63) is 35.6 Å². The van der Waals surface area contributed by atoms with Gasteiger partial charge in [0.05, 0.1) is 0 Å². The van der Waals surface area contributed by atoms with Gasteiger partial charge in [0, 0.05) is 13.0 Å². The maximum absolute atomic E-state index is 13.4. The summed E-state index contributed by atoms with van der Waals surface area (Å²) in [5.41, 5.74) is 0.611. The predicted octanol–water partition coefficient (Wildman–Crippen LogP) is 2.36. The molecule has 0 spiro atoms. The first-order valence-electron chi connectivity index (χ1n) is 7.48. The van der Waals surface area contributed by atoms with E-state index in [9.17, 15) is 9.18 Å².